The molecule has 1 aliphatic carbocycles. The zero-order chi connectivity index (χ0) is 14.5. The molecule has 1 saturated heterocycles. The molecule has 118 valence electrons. The number of rotatable bonds is 7. The summed E-state index contributed by atoms with van der Waals surface area (Å²) in [5.74, 6) is 2.67. The van der Waals surface area contributed by atoms with Crippen LogP contribution in [0.4, 0.5) is 0 Å². The molecule has 2 heteroatoms. The Labute approximate surface area is 126 Å². The van der Waals surface area contributed by atoms with Crippen LogP contribution in [-0.4, -0.2) is 36.6 Å². The van der Waals surface area contributed by atoms with Crippen molar-refractivity contribution < 1.29 is 0 Å². The highest BCUT2D eigenvalue weighted by Gasteiger charge is 2.35. The van der Waals surface area contributed by atoms with E-state index in [1.807, 2.05) is 0 Å². The Morgan fingerprint density at radius 2 is 1.90 bits per heavy atom. The maximum absolute atomic E-state index is 3.83. The van der Waals surface area contributed by atoms with E-state index >= 15 is 0 Å². The van der Waals surface area contributed by atoms with Crippen LogP contribution in [0, 0.1) is 17.8 Å². The Bertz CT molecular complexity index is 273. The third-order valence-corrected chi connectivity index (χ3v) is 5.54. The van der Waals surface area contributed by atoms with Crippen molar-refractivity contribution >= 4 is 0 Å². The third kappa shape index (κ3) is 4.21. The van der Waals surface area contributed by atoms with Crippen molar-refractivity contribution in [2.75, 3.05) is 19.6 Å². The molecule has 3 unspecified atom stereocenters. The summed E-state index contributed by atoms with van der Waals surface area (Å²) >= 11 is 0. The van der Waals surface area contributed by atoms with Crippen LogP contribution in [-0.2, 0) is 0 Å². The van der Waals surface area contributed by atoms with E-state index in [0.29, 0.717) is 0 Å². The van der Waals surface area contributed by atoms with Gasteiger partial charge in [0, 0.05) is 25.2 Å². The fraction of sp³-hybridized carbons (Fsp3) is 1.00. The molecule has 0 amide bonds. The first-order valence-corrected chi connectivity index (χ1v) is 9.11. The molecule has 0 aromatic rings. The van der Waals surface area contributed by atoms with Crippen LogP contribution in [0.25, 0.3) is 0 Å². The Hall–Kier alpha value is -0.0800. The Morgan fingerprint density at radius 3 is 2.40 bits per heavy atom. The van der Waals surface area contributed by atoms with Crippen LogP contribution in [0.1, 0.15) is 66.2 Å². The van der Waals surface area contributed by atoms with E-state index in [1.165, 1.54) is 58.2 Å². The van der Waals surface area contributed by atoms with Crippen molar-refractivity contribution in [3.8, 4) is 0 Å². The highest BCUT2D eigenvalue weighted by Crippen LogP contribution is 2.35. The topological polar surface area (TPSA) is 15.3 Å². The standard InChI is InChI=1S/C18H36N2/c1-5-15-10-17(19-11-14(3)4)13-20(12-15)18(6-2)16-8-7-9-16/h14-19H,5-13H2,1-4H3. The van der Waals surface area contributed by atoms with Gasteiger partial charge in [-0.2, -0.15) is 0 Å². The molecule has 20 heavy (non-hydrogen) atoms. The second-order valence-electron chi connectivity index (χ2n) is 7.63. The van der Waals surface area contributed by atoms with Crippen molar-refractivity contribution in [2.45, 2.75) is 78.3 Å². The smallest absolute Gasteiger partial charge is 0.0198 e. The van der Waals surface area contributed by atoms with Gasteiger partial charge in [0.15, 0.2) is 0 Å². The Balaban J connectivity index is 1.92. The summed E-state index contributed by atoms with van der Waals surface area (Å²) in [5.41, 5.74) is 0. The van der Waals surface area contributed by atoms with Gasteiger partial charge in [0.25, 0.3) is 0 Å². The first kappa shape index (κ1) is 16.3. The molecule has 3 atom stereocenters. The Morgan fingerprint density at radius 1 is 1.15 bits per heavy atom. The zero-order valence-electron chi connectivity index (χ0n) is 14.2. The van der Waals surface area contributed by atoms with Crippen LogP contribution in [0.3, 0.4) is 0 Å². The highest BCUT2D eigenvalue weighted by molar-refractivity contribution is 4.91. The number of hydrogen-bond acceptors (Lipinski definition) is 2. The van der Waals surface area contributed by atoms with Gasteiger partial charge in [-0.05, 0) is 50.0 Å². The van der Waals surface area contributed by atoms with Crippen molar-refractivity contribution in [1.82, 2.24) is 10.2 Å². The molecule has 1 aliphatic heterocycles. The molecule has 0 spiro atoms. The van der Waals surface area contributed by atoms with Crippen LogP contribution < -0.4 is 5.32 Å². The second kappa shape index (κ2) is 7.79. The van der Waals surface area contributed by atoms with Gasteiger partial charge < -0.3 is 5.32 Å². The van der Waals surface area contributed by atoms with Crippen LogP contribution in [0.2, 0.25) is 0 Å². The molecule has 0 aromatic heterocycles. The van der Waals surface area contributed by atoms with E-state index in [0.717, 1.165) is 29.8 Å². The predicted molar refractivity (Wildman–Crippen MR) is 88.0 cm³/mol. The minimum atomic E-state index is 0.727. The maximum Gasteiger partial charge on any atom is 0.0198 e. The molecule has 2 nitrogen and oxygen atoms in total. The quantitative estimate of drug-likeness (QED) is 0.760. The van der Waals surface area contributed by atoms with Crippen LogP contribution >= 0.6 is 0 Å². The van der Waals surface area contributed by atoms with Gasteiger partial charge in [0.05, 0.1) is 0 Å². The number of likely N-dealkylation sites (tertiary alicyclic amines) is 1. The lowest BCUT2D eigenvalue weighted by Gasteiger charge is -2.47. The molecular formula is C18H36N2. The zero-order valence-corrected chi connectivity index (χ0v) is 14.2. The van der Waals surface area contributed by atoms with Gasteiger partial charge in [-0.1, -0.05) is 40.5 Å². The number of piperidine rings is 1. The molecule has 0 aromatic carbocycles. The minimum Gasteiger partial charge on any atom is -0.312 e. The van der Waals surface area contributed by atoms with Gasteiger partial charge in [0.1, 0.15) is 0 Å². The summed E-state index contributed by atoms with van der Waals surface area (Å²) in [4.78, 5) is 2.85. The number of nitrogens with one attached hydrogen (secondary N) is 1. The fourth-order valence-corrected chi connectivity index (χ4v) is 4.07. The van der Waals surface area contributed by atoms with E-state index in [2.05, 4.69) is 37.9 Å². The summed E-state index contributed by atoms with van der Waals surface area (Å²) in [6, 6.07) is 1.59. The summed E-state index contributed by atoms with van der Waals surface area (Å²) in [6.45, 7) is 13.2. The van der Waals surface area contributed by atoms with Crippen molar-refractivity contribution in [3.05, 3.63) is 0 Å². The first-order valence-electron chi connectivity index (χ1n) is 9.11. The summed E-state index contributed by atoms with van der Waals surface area (Å²) < 4.78 is 0. The average molecular weight is 280 g/mol. The number of hydrogen-bond donors (Lipinski definition) is 1. The SMILES string of the molecule is CCC1CC(NCC(C)C)CN(C(CC)C2CCC2)C1. The molecule has 1 saturated carbocycles. The molecule has 2 fully saturated rings. The van der Waals surface area contributed by atoms with Crippen molar-refractivity contribution in [3.63, 3.8) is 0 Å². The second-order valence-corrected chi connectivity index (χ2v) is 7.63. The molecule has 1 N–H and O–H groups in total. The first-order chi connectivity index (χ1) is 9.63. The van der Waals surface area contributed by atoms with E-state index < -0.39 is 0 Å². The normalized spacial score (nSPS) is 30.4. The van der Waals surface area contributed by atoms with Crippen molar-refractivity contribution in [2.24, 2.45) is 17.8 Å². The van der Waals surface area contributed by atoms with E-state index in [4.69, 9.17) is 0 Å². The van der Waals surface area contributed by atoms with Gasteiger partial charge in [-0.15, -0.1) is 0 Å². The van der Waals surface area contributed by atoms with Gasteiger partial charge >= 0.3 is 0 Å². The molecular weight excluding hydrogens is 244 g/mol. The van der Waals surface area contributed by atoms with E-state index in [1.54, 1.807) is 0 Å². The van der Waals surface area contributed by atoms with Gasteiger partial charge in [-0.3, -0.25) is 4.90 Å². The summed E-state index contributed by atoms with van der Waals surface area (Å²) in [5, 5.41) is 3.83. The highest BCUT2D eigenvalue weighted by atomic mass is 15.2. The minimum absolute atomic E-state index is 0.727. The van der Waals surface area contributed by atoms with Crippen molar-refractivity contribution in [1.29, 1.82) is 0 Å². The fourth-order valence-electron chi connectivity index (χ4n) is 4.07. The maximum atomic E-state index is 3.83. The predicted octanol–water partition coefficient (Wildman–Crippen LogP) is 3.91. The largest absolute Gasteiger partial charge is 0.312 e. The summed E-state index contributed by atoms with van der Waals surface area (Å²) in [7, 11) is 0. The molecule has 2 rings (SSSR count). The van der Waals surface area contributed by atoms with Crippen LogP contribution in [0.15, 0.2) is 0 Å². The van der Waals surface area contributed by atoms with Gasteiger partial charge in [0.2, 0.25) is 0 Å². The third-order valence-electron chi connectivity index (χ3n) is 5.54. The molecule has 0 bridgehead atoms. The number of nitrogens with zero attached hydrogens (tertiary/aromatic N) is 1. The van der Waals surface area contributed by atoms with E-state index in [9.17, 15) is 0 Å². The lowest BCUT2D eigenvalue weighted by atomic mass is 9.77. The molecule has 2 aliphatic rings. The molecule has 0 radical (unpaired) electrons. The van der Waals surface area contributed by atoms with E-state index in [-0.39, 0.29) is 0 Å². The summed E-state index contributed by atoms with van der Waals surface area (Å²) in [6.07, 6.45) is 8.52. The molecule has 1 heterocycles. The van der Waals surface area contributed by atoms with Gasteiger partial charge in [-0.25, -0.2) is 0 Å². The average Bonchev–Trinajstić information content (AvgIpc) is 2.39. The lowest BCUT2D eigenvalue weighted by Crippen LogP contribution is -2.55. The lowest BCUT2D eigenvalue weighted by molar-refractivity contribution is 0.0388. The van der Waals surface area contributed by atoms with Crippen LogP contribution in [0.5, 0.6) is 0 Å². The monoisotopic (exact) mass is 280 g/mol. The Kier molecular flexibility index (Phi) is 6.35.